The second-order valence-corrected chi connectivity index (χ2v) is 8.04. The average molecular weight is 450 g/mol. The van der Waals surface area contributed by atoms with Gasteiger partial charge in [-0.1, -0.05) is 48.0 Å². The van der Waals surface area contributed by atoms with E-state index in [-0.39, 0.29) is 12.4 Å². The van der Waals surface area contributed by atoms with Crippen molar-refractivity contribution in [1.29, 1.82) is 0 Å². The predicted octanol–water partition coefficient (Wildman–Crippen LogP) is 3.30. The lowest BCUT2D eigenvalue weighted by Gasteiger charge is -2.43. The fourth-order valence-corrected chi connectivity index (χ4v) is 4.33. The maximum absolute atomic E-state index is 13.2. The Hall–Kier alpha value is -3.71. The lowest BCUT2D eigenvalue weighted by Crippen LogP contribution is -2.55. The summed E-state index contributed by atoms with van der Waals surface area (Å²) in [5.41, 5.74) is 1.07. The Balaban J connectivity index is 1.81. The van der Waals surface area contributed by atoms with Gasteiger partial charge in [0.2, 0.25) is 5.43 Å². The molecule has 0 unspecified atom stereocenters. The minimum atomic E-state index is -0.603. The van der Waals surface area contributed by atoms with Crippen LogP contribution in [0.15, 0.2) is 77.7 Å². The first-order valence-corrected chi connectivity index (χ1v) is 10.6. The summed E-state index contributed by atoms with van der Waals surface area (Å²) in [5, 5.41) is 13.0. The molecule has 5 rings (SSSR count). The summed E-state index contributed by atoms with van der Waals surface area (Å²) in [4.78, 5) is 26.9. The number of ether oxygens (including phenoxy) is 1. The number of rotatable bonds is 1. The van der Waals surface area contributed by atoms with Crippen LogP contribution in [0.4, 0.5) is 0 Å². The molecule has 2 aliphatic heterocycles. The number of fused-ring (bicyclic) bond motifs is 5. The molecule has 2 bridgehead atoms. The van der Waals surface area contributed by atoms with Crippen molar-refractivity contribution in [2.24, 2.45) is 0 Å². The SMILES string of the molecule is O=C1c2c(O)c(=O)ccn2N2CN1C/C=C\COc1ccc(Cl)cc1[C@H]2c1ccccc1. The van der Waals surface area contributed by atoms with Crippen LogP contribution in [0.5, 0.6) is 11.5 Å². The summed E-state index contributed by atoms with van der Waals surface area (Å²) in [5.74, 6) is -0.329. The normalized spacial score (nSPS) is 18.8. The first-order chi connectivity index (χ1) is 15.5. The van der Waals surface area contributed by atoms with Gasteiger partial charge in [0.25, 0.3) is 5.91 Å². The standard InChI is InChI=1S/C24H20ClN3O4/c25-17-8-9-20-18(14-17)21(16-6-2-1-3-7-16)28-15-26(11-4-5-13-32-20)24(31)22-23(30)19(29)10-12-27(22)28/h1-10,12,14,21,30H,11,13,15H2/b5-4-/t21-/m1/s1. The monoisotopic (exact) mass is 449 g/mol. The lowest BCUT2D eigenvalue weighted by atomic mass is 9.97. The Kier molecular flexibility index (Phi) is 5.11. The molecule has 1 atom stereocenters. The number of aromatic nitrogens is 1. The minimum absolute atomic E-state index is 0.0678. The summed E-state index contributed by atoms with van der Waals surface area (Å²) >= 11 is 6.39. The number of amides is 1. The van der Waals surface area contributed by atoms with Crippen molar-refractivity contribution >= 4 is 17.5 Å². The lowest BCUT2D eigenvalue weighted by molar-refractivity contribution is 0.0701. The first-order valence-electron chi connectivity index (χ1n) is 10.2. The molecule has 2 aliphatic rings. The van der Waals surface area contributed by atoms with Crippen LogP contribution in [0.2, 0.25) is 5.02 Å². The van der Waals surface area contributed by atoms with Crippen molar-refractivity contribution in [3.05, 3.63) is 105 Å². The van der Waals surface area contributed by atoms with Crippen LogP contribution in [0, 0.1) is 0 Å². The fraction of sp³-hybridized carbons (Fsp3) is 0.167. The quantitative estimate of drug-likeness (QED) is 0.577. The summed E-state index contributed by atoms with van der Waals surface area (Å²) < 4.78 is 7.60. The van der Waals surface area contributed by atoms with Crippen molar-refractivity contribution < 1.29 is 14.6 Å². The van der Waals surface area contributed by atoms with E-state index >= 15 is 0 Å². The number of halogens is 1. The largest absolute Gasteiger partial charge is 0.502 e. The number of hydrogen-bond donors (Lipinski definition) is 1. The van der Waals surface area contributed by atoms with E-state index < -0.39 is 23.1 Å². The molecule has 1 aromatic heterocycles. The molecule has 8 heteroatoms. The number of pyridine rings is 1. The van der Waals surface area contributed by atoms with E-state index in [1.165, 1.54) is 12.3 Å². The van der Waals surface area contributed by atoms with Crippen molar-refractivity contribution in [2.45, 2.75) is 6.04 Å². The highest BCUT2D eigenvalue weighted by Crippen LogP contribution is 2.38. The molecular formula is C24H20ClN3O4. The van der Waals surface area contributed by atoms with E-state index in [2.05, 4.69) is 0 Å². The smallest absolute Gasteiger partial charge is 0.278 e. The van der Waals surface area contributed by atoms with E-state index in [1.807, 2.05) is 59.6 Å². The average Bonchev–Trinajstić information content (AvgIpc) is 2.82. The van der Waals surface area contributed by atoms with E-state index in [0.29, 0.717) is 23.9 Å². The maximum atomic E-state index is 13.2. The zero-order valence-corrected chi connectivity index (χ0v) is 17.8. The van der Waals surface area contributed by atoms with Crippen molar-refractivity contribution in [1.82, 2.24) is 9.58 Å². The van der Waals surface area contributed by atoms with E-state index in [1.54, 1.807) is 15.6 Å². The van der Waals surface area contributed by atoms with E-state index in [9.17, 15) is 14.7 Å². The molecule has 0 fully saturated rings. The van der Waals surface area contributed by atoms with Gasteiger partial charge in [0, 0.05) is 29.4 Å². The van der Waals surface area contributed by atoms with Gasteiger partial charge < -0.3 is 14.7 Å². The van der Waals surface area contributed by atoms with Gasteiger partial charge in [-0.05, 0) is 29.8 Å². The highest BCUT2D eigenvalue weighted by Gasteiger charge is 2.37. The Morgan fingerprint density at radius 2 is 1.84 bits per heavy atom. The predicted molar refractivity (Wildman–Crippen MR) is 121 cm³/mol. The molecule has 0 saturated carbocycles. The van der Waals surface area contributed by atoms with Gasteiger partial charge in [0.15, 0.2) is 11.4 Å². The highest BCUT2D eigenvalue weighted by atomic mass is 35.5. The summed E-state index contributed by atoms with van der Waals surface area (Å²) in [7, 11) is 0. The molecule has 0 saturated heterocycles. The highest BCUT2D eigenvalue weighted by molar-refractivity contribution is 6.30. The number of hydrogen-bond acceptors (Lipinski definition) is 5. The van der Waals surface area contributed by atoms with Crippen LogP contribution in [0.25, 0.3) is 0 Å². The van der Waals surface area contributed by atoms with Crippen molar-refractivity contribution in [3.63, 3.8) is 0 Å². The molecule has 3 aromatic rings. The molecule has 0 aliphatic carbocycles. The molecule has 32 heavy (non-hydrogen) atoms. The van der Waals surface area contributed by atoms with Gasteiger partial charge in [0.05, 0.1) is 0 Å². The van der Waals surface area contributed by atoms with E-state index in [4.69, 9.17) is 16.3 Å². The molecule has 1 amide bonds. The second-order valence-electron chi connectivity index (χ2n) is 7.61. The van der Waals surface area contributed by atoms with Crippen LogP contribution in [0.3, 0.4) is 0 Å². The van der Waals surface area contributed by atoms with Crippen molar-refractivity contribution in [3.8, 4) is 11.5 Å². The van der Waals surface area contributed by atoms with Crippen LogP contribution in [0.1, 0.15) is 27.7 Å². The Morgan fingerprint density at radius 1 is 1.03 bits per heavy atom. The number of aromatic hydroxyl groups is 1. The van der Waals surface area contributed by atoms with Gasteiger partial charge in [-0.2, -0.15) is 0 Å². The molecule has 0 spiro atoms. The molecule has 7 nitrogen and oxygen atoms in total. The van der Waals surface area contributed by atoms with E-state index in [0.717, 1.165) is 11.1 Å². The second kappa shape index (κ2) is 8.09. The number of benzene rings is 2. The van der Waals surface area contributed by atoms with Gasteiger partial charge in [0.1, 0.15) is 25.1 Å². The third-order valence-corrected chi connectivity index (χ3v) is 5.88. The molecule has 162 valence electrons. The first kappa shape index (κ1) is 20.2. The number of carbonyl (C=O) groups excluding carboxylic acids is 1. The third-order valence-electron chi connectivity index (χ3n) is 5.64. The van der Waals surface area contributed by atoms with Crippen LogP contribution in [-0.2, 0) is 0 Å². The van der Waals surface area contributed by atoms with Gasteiger partial charge >= 0.3 is 0 Å². The van der Waals surface area contributed by atoms with Crippen LogP contribution >= 0.6 is 11.6 Å². The molecule has 1 N–H and O–H groups in total. The maximum Gasteiger partial charge on any atom is 0.278 e. The number of nitrogens with zero attached hydrogens (tertiary/aromatic N) is 3. The Labute approximate surface area is 189 Å². The molecule has 3 heterocycles. The molecule has 0 radical (unpaired) electrons. The third kappa shape index (κ3) is 3.40. The van der Waals surface area contributed by atoms with Gasteiger partial charge in [-0.15, -0.1) is 0 Å². The minimum Gasteiger partial charge on any atom is -0.502 e. The summed E-state index contributed by atoms with van der Waals surface area (Å²) in [6, 6.07) is 16.0. The van der Waals surface area contributed by atoms with Crippen LogP contribution in [-0.4, -0.2) is 40.4 Å². The molecular weight excluding hydrogens is 430 g/mol. The van der Waals surface area contributed by atoms with Gasteiger partial charge in [-0.3, -0.25) is 19.3 Å². The zero-order chi connectivity index (χ0) is 22.2. The Bertz CT molecular complexity index is 1270. The van der Waals surface area contributed by atoms with Crippen LogP contribution < -0.4 is 15.2 Å². The zero-order valence-electron chi connectivity index (χ0n) is 17.0. The fourth-order valence-electron chi connectivity index (χ4n) is 4.15. The summed E-state index contributed by atoms with van der Waals surface area (Å²) in [6.07, 6.45) is 5.19. The number of carbonyl (C=O) groups is 1. The van der Waals surface area contributed by atoms with Crippen molar-refractivity contribution in [2.75, 3.05) is 24.8 Å². The Morgan fingerprint density at radius 3 is 2.66 bits per heavy atom. The summed E-state index contributed by atoms with van der Waals surface area (Å²) in [6.45, 7) is 0.859. The molecule has 2 aromatic carbocycles. The van der Waals surface area contributed by atoms with Gasteiger partial charge in [-0.25, -0.2) is 0 Å². The topological polar surface area (TPSA) is 75.0 Å².